The van der Waals surface area contributed by atoms with Gasteiger partial charge in [-0.15, -0.1) is 0 Å². The minimum atomic E-state index is -0.450. The van der Waals surface area contributed by atoms with E-state index in [1.54, 1.807) is 7.11 Å². The van der Waals surface area contributed by atoms with E-state index in [-0.39, 0.29) is 12.8 Å². The van der Waals surface area contributed by atoms with Crippen LogP contribution in [0.25, 0.3) is 0 Å². The largest absolute Gasteiger partial charge is 0.445 e. The average molecular weight is 237 g/mol. The Balaban J connectivity index is 2.30. The van der Waals surface area contributed by atoms with Crippen LogP contribution in [0.1, 0.15) is 25.3 Å². The van der Waals surface area contributed by atoms with Crippen LogP contribution in [0.2, 0.25) is 0 Å². The Labute approximate surface area is 102 Å². The molecule has 1 aromatic rings. The van der Waals surface area contributed by atoms with E-state index >= 15 is 0 Å². The number of methoxy groups -OCH3 is 1. The van der Waals surface area contributed by atoms with Crippen molar-refractivity contribution in [2.24, 2.45) is 0 Å². The molecule has 0 saturated carbocycles. The van der Waals surface area contributed by atoms with Gasteiger partial charge in [0.25, 0.3) is 0 Å². The quantitative estimate of drug-likeness (QED) is 0.774. The van der Waals surface area contributed by atoms with Crippen LogP contribution in [0.4, 0.5) is 4.79 Å². The third-order valence-electron chi connectivity index (χ3n) is 2.33. The molecule has 1 unspecified atom stereocenters. The fourth-order valence-electron chi connectivity index (χ4n) is 1.41. The van der Waals surface area contributed by atoms with Gasteiger partial charge in [-0.2, -0.15) is 0 Å². The molecular formula is C13H19NO3. The van der Waals surface area contributed by atoms with Gasteiger partial charge in [-0.1, -0.05) is 43.7 Å². The van der Waals surface area contributed by atoms with E-state index in [2.05, 4.69) is 5.32 Å². The van der Waals surface area contributed by atoms with E-state index < -0.39 is 6.09 Å². The van der Waals surface area contributed by atoms with E-state index in [4.69, 9.17) is 9.47 Å². The molecule has 0 bridgehead atoms. The van der Waals surface area contributed by atoms with E-state index in [9.17, 15) is 4.79 Å². The smallest absolute Gasteiger partial charge is 0.409 e. The second-order valence-electron chi connectivity index (χ2n) is 3.72. The van der Waals surface area contributed by atoms with Crippen LogP contribution in [-0.4, -0.2) is 19.4 Å². The van der Waals surface area contributed by atoms with Crippen molar-refractivity contribution in [3.8, 4) is 0 Å². The second-order valence-corrected chi connectivity index (χ2v) is 3.72. The summed E-state index contributed by atoms with van der Waals surface area (Å²) in [5.41, 5.74) is 0.965. The summed E-state index contributed by atoms with van der Waals surface area (Å²) >= 11 is 0. The van der Waals surface area contributed by atoms with Crippen molar-refractivity contribution in [2.75, 3.05) is 7.11 Å². The number of amides is 1. The molecule has 1 N–H and O–H groups in total. The van der Waals surface area contributed by atoms with Gasteiger partial charge in [-0.3, -0.25) is 5.32 Å². The first-order valence-electron chi connectivity index (χ1n) is 5.76. The number of hydrogen-bond donors (Lipinski definition) is 1. The molecule has 0 aromatic heterocycles. The van der Waals surface area contributed by atoms with Gasteiger partial charge in [-0.25, -0.2) is 4.79 Å². The minimum Gasteiger partial charge on any atom is -0.445 e. The normalized spacial score (nSPS) is 11.9. The summed E-state index contributed by atoms with van der Waals surface area (Å²) in [4.78, 5) is 11.4. The Morgan fingerprint density at radius 3 is 2.65 bits per heavy atom. The Kier molecular flexibility index (Phi) is 6.10. The summed E-state index contributed by atoms with van der Waals surface area (Å²) < 4.78 is 10.2. The molecule has 0 radical (unpaired) electrons. The van der Waals surface area contributed by atoms with Crippen molar-refractivity contribution in [1.29, 1.82) is 0 Å². The maximum Gasteiger partial charge on any atom is 0.409 e. The molecule has 17 heavy (non-hydrogen) atoms. The summed E-state index contributed by atoms with van der Waals surface area (Å²) in [5.74, 6) is 0. The number of hydrogen-bond acceptors (Lipinski definition) is 3. The first-order chi connectivity index (χ1) is 8.26. The summed E-state index contributed by atoms with van der Waals surface area (Å²) in [6.07, 6.45) is 0.992. The molecule has 0 heterocycles. The summed E-state index contributed by atoms with van der Waals surface area (Å²) in [7, 11) is 1.57. The number of ether oxygens (including phenoxy) is 2. The SMILES string of the molecule is CCCC(NC(=O)OCc1ccccc1)OC. The van der Waals surface area contributed by atoms with Gasteiger partial charge < -0.3 is 9.47 Å². The highest BCUT2D eigenvalue weighted by Crippen LogP contribution is 2.02. The topological polar surface area (TPSA) is 47.6 Å². The predicted molar refractivity (Wildman–Crippen MR) is 65.5 cm³/mol. The lowest BCUT2D eigenvalue weighted by Crippen LogP contribution is -2.36. The first-order valence-corrected chi connectivity index (χ1v) is 5.76. The summed E-state index contributed by atoms with van der Waals surface area (Å²) in [6.45, 7) is 2.30. The zero-order chi connectivity index (χ0) is 12.5. The van der Waals surface area contributed by atoms with E-state index in [1.807, 2.05) is 37.3 Å². The molecule has 0 aliphatic heterocycles. The van der Waals surface area contributed by atoms with E-state index in [0.29, 0.717) is 0 Å². The molecule has 4 heteroatoms. The zero-order valence-electron chi connectivity index (χ0n) is 10.3. The molecule has 1 atom stereocenters. The molecule has 0 fully saturated rings. The molecule has 4 nitrogen and oxygen atoms in total. The van der Waals surface area contributed by atoms with Crippen molar-refractivity contribution in [1.82, 2.24) is 5.32 Å². The standard InChI is InChI=1S/C13H19NO3/c1-3-7-12(16-2)14-13(15)17-10-11-8-5-4-6-9-11/h4-6,8-9,12H,3,7,10H2,1-2H3,(H,14,15). The molecule has 1 rings (SSSR count). The highest BCUT2D eigenvalue weighted by atomic mass is 16.6. The van der Waals surface area contributed by atoms with Crippen LogP contribution in [-0.2, 0) is 16.1 Å². The maximum atomic E-state index is 11.4. The third-order valence-corrected chi connectivity index (χ3v) is 2.33. The van der Waals surface area contributed by atoms with E-state index in [1.165, 1.54) is 0 Å². The Bertz CT molecular complexity index is 327. The lowest BCUT2D eigenvalue weighted by Gasteiger charge is -2.16. The molecule has 0 saturated heterocycles. The van der Waals surface area contributed by atoms with Crippen LogP contribution >= 0.6 is 0 Å². The minimum absolute atomic E-state index is 0.273. The van der Waals surface area contributed by atoms with Crippen molar-refractivity contribution in [3.05, 3.63) is 35.9 Å². The van der Waals surface area contributed by atoms with Gasteiger partial charge in [0, 0.05) is 7.11 Å². The number of benzene rings is 1. The molecule has 1 amide bonds. The number of carbonyl (C=O) groups is 1. The van der Waals surface area contributed by atoms with E-state index in [0.717, 1.165) is 18.4 Å². The van der Waals surface area contributed by atoms with Gasteiger partial charge in [0.1, 0.15) is 12.8 Å². The van der Waals surface area contributed by atoms with Crippen LogP contribution in [0.3, 0.4) is 0 Å². The number of carbonyl (C=O) groups excluding carboxylic acids is 1. The zero-order valence-corrected chi connectivity index (χ0v) is 10.3. The Morgan fingerprint density at radius 1 is 1.35 bits per heavy atom. The molecule has 0 aliphatic carbocycles. The van der Waals surface area contributed by atoms with Crippen molar-refractivity contribution in [3.63, 3.8) is 0 Å². The summed E-state index contributed by atoms with van der Waals surface area (Å²) in [6, 6.07) is 9.56. The molecule has 94 valence electrons. The second kappa shape index (κ2) is 7.68. The predicted octanol–water partition coefficient (Wildman–Crippen LogP) is 2.69. The monoisotopic (exact) mass is 237 g/mol. The highest BCUT2D eigenvalue weighted by Gasteiger charge is 2.10. The van der Waals surface area contributed by atoms with Crippen molar-refractivity contribution >= 4 is 6.09 Å². The number of alkyl carbamates (subject to hydrolysis) is 1. The fourth-order valence-corrected chi connectivity index (χ4v) is 1.41. The van der Waals surface area contributed by atoms with Crippen LogP contribution in [0.5, 0.6) is 0 Å². The number of nitrogens with one attached hydrogen (secondary N) is 1. The highest BCUT2D eigenvalue weighted by molar-refractivity contribution is 5.67. The van der Waals surface area contributed by atoms with Crippen LogP contribution in [0, 0.1) is 0 Å². The van der Waals surface area contributed by atoms with Crippen LogP contribution in [0.15, 0.2) is 30.3 Å². The molecular weight excluding hydrogens is 218 g/mol. The Hall–Kier alpha value is -1.55. The van der Waals surface area contributed by atoms with Gasteiger partial charge in [0.2, 0.25) is 0 Å². The molecule has 1 aromatic carbocycles. The Morgan fingerprint density at radius 2 is 2.06 bits per heavy atom. The number of rotatable bonds is 6. The maximum absolute atomic E-state index is 11.4. The fraction of sp³-hybridized carbons (Fsp3) is 0.462. The molecule has 0 aliphatic rings. The van der Waals surface area contributed by atoms with Gasteiger partial charge in [-0.05, 0) is 12.0 Å². The van der Waals surface area contributed by atoms with Gasteiger partial charge in [0.05, 0.1) is 0 Å². The third kappa shape index (κ3) is 5.36. The van der Waals surface area contributed by atoms with Crippen molar-refractivity contribution in [2.45, 2.75) is 32.6 Å². The lowest BCUT2D eigenvalue weighted by molar-refractivity contribution is 0.0541. The average Bonchev–Trinajstić information content (AvgIpc) is 2.37. The van der Waals surface area contributed by atoms with Gasteiger partial charge >= 0.3 is 6.09 Å². The van der Waals surface area contributed by atoms with Gasteiger partial charge in [0.15, 0.2) is 0 Å². The lowest BCUT2D eigenvalue weighted by atomic mass is 10.2. The van der Waals surface area contributed by atoms with Crippen molar-refractivity contribution < 1.29 is 14.3 Å². The first kappa shape index (κ1) is 13.5. The van der Waals surface area contributed by atoms with Crippen LogP contribution < -0.4 is 5.32 Å². The summed E-state index contributed by atoms with van der Waals surface area (Å²) in [5, 5.41) is 2.65. The molecule has 0 spiro atoms.